The summed E-state index contributed by atoms with van der Waals surface area (Å²) >= 11 is 0. The SMILES string of the molecule is CC1CN(C(=O)C2CCN(c3ccccc3S(=O)(=O)C(F)(F)F)CC2)CC(C)O1. The first-order chi connectivity index (χ1) is 13.5. The van der Waals surface area contributed by atoms with Gasteiger partial charge in [-0.1, -0.05) is 12.1 Å². The Balaban J connectivity index is 1.71. The van der Waals surface area contributed by atoms with Crippen LogP contribution in [-0.2, 0) is 19.4 Å². The van der Waals surface area contributed by atoms with Gasteiger partial charge in [0.1, 0.15) is 0 Å². The summed E-state index contributed by atoms with van der Waals surface area (Å²) in [6, 6.07) is 5.15. The summed E-state index contributed by atoms with van der Waals surface area (Å²) < 4.78 is 68.6. The zero-order valence-corrected chi connectivity index (χ0v) is 17.2. The molecular weight excluding hydrogens is 409 g/mol. The number of alkyl halides is 3. The van der Waals surface area contributed by atoms with Gasteiger partial charge in [0.15, 0.2) is 0 Å². The molecule has 2 fully saturated rings. The standard InChI is InChI=1S/C19H25F3N2O4S/c1-13-11-24(12-14(2)28-13)18(25)15-7-9-23(10-8-15)16-5-3-4-6-17(16)29(26,27)19(20,21)22/h3-6,13-15H,7-12H2,1-2H3. The van der Waals surface area contributed by atoms with Gasteiger partial charge in [-0.3, -0.25) is 4.79 Å². The Kier molecular flexibility index (Phi) is 6.14. The number of amides is 1. The van der Waals surface area contributed by atoms with Gasteiger partial charge in [0.2, 0.25) is 5.91 Å². The predicted octanol–water partition coefficient (Wildman–Crippen LogP) is 2.83. The van der Waals surface area contributed by atoms with Gasteiger partial charge in [-0.15, -0.1) is 0 Å². The van der Waals surface area contributed by atoms with Crippen LogP contribution in [-0.4, -0.2) is 63.1 Å². The van der Waals surface area contributed by atoms with Crippen LogP contribution in [0.3, 0.4) is 0 Å². The van der Waals surface area contributed by atoms with Crippen LogP contribution in [0.15, 0.2) is 29.2 Å². The fourth-order valence-corrected chi connectivity index (χ4v) is 5.03. The highest BCUT2D eigenvalue weighted by Gasteiger charge is 2.48. The molecule has 0 spiro atoms. The number of morpholine rings is 1. The Morgan fingerprint density at radius 1 is 1.07 bits per heavy atom. The van der Waals surface area contributed by atoms with Crippen LogP contribution in [0.25, 0.3) is 0 Å². The molecule has 0 bridgehead atoms. The van der Waals surface area contributed by atoms with E-state index in [4.69, 9.17) is 4.74 Å². The summed E-state index contributed by atoms with van der Waals surface area (Å²) in [6.45, 7) is 5.51. The zero-order chi connectivity index (χ0) is 21.4. The molecule has 2 atom stereocenters. The number of benzene rings is 1. The van der Waals surface area contributed by atoms with Crippen LogP contribution in [0.4, 0.5) is 18.9 Å². The highest BCUT2D eigenvalue weighted by atomic mass is 32.2. The van der Waals surface area contributed by atoms with E-state index in [-0.39, 0.29) is 29.7 Å². The summed E-state index contributed by atoms with van der Waals surface area (Å²) in [7, 11) is -5.45. The Labute approximate surface area is 168 Å². The maximum Gasteiger partial charge on any atom is 0.501 e. The molecule has 3 rings (SSSR count). The number of para-hydroxylation sites is 1. The lowest BCUT2D eigenvalue weighted by molar-refractivity contribution is -0.148. The topological polar surface area (TPSA) is 66.9 Å². The summed E-state index contributed by atoms with van der Waals surface area (Å²) in [4.78, 5) is 15.5. The number of halogens is 3. The lowest BCUT2D eigenvalue weighted by Gasteiger charge is -2.40. The van der Waals surface area contributed by atoms with Crippen LogP contribution in [0.1, 0.15) is 26.7 Å². The van der Waals surface area contributed by atoms with Crippen molar-refractivity contribution in [3.63, 3.8) is 0 Å². The number of nitrogens with zero attached hydrogens (tertiary/aromatic N) is 2. The molecule has 10 heteroatoms. The van der Waals surface area contributed by atoms with Crippen LogP contribution in [0.5, 0.6) is 0 Å². The Morgan fingerprint density at radius 2 is 1.62 bits per heavy atom. The number of piperidine rings is 1. The highest BCUT2D eigenvalue weighted by molar-refractivity contribution is 7.92. The number of carbonyl (C=O) groups is 1. The lowest BCUT2D eigenvalue weighted by atomic mass is 9.94. The van der Waals surface area contributed by atoms with Gasteiger partial charge in [-0.05, 0) is 38.8 Å². The third kappa shape index (κ3) is 4.53. The van der Waals surface area contributed by atoms with Crippen molar-refractivity contribution in [3.8, 4) is 0 Å². The average Bonchev–Trinajstić information content (AvgIpc) is 2.66. The third-order valence-corrected chi connectivity index (χ3v) is 6.91. The zero-order valence-electron chi connectivity index (χ0n) is 16.4. The summed E-state index contributed by atoms with van der Waals surface area (Å²) in [5, 5.41) is 0. The van der Waals surface area contributed by atoms with Gasteiger partial charge in [0, 0.05) is 32.1 Å². The van der Waals surface area contributed by atoms with E-state index in [0.29, 0.717) is 39.0 Å². The summed E-state index contributed by atoms with van der Waals surface area (Å²) in [5.74, 6) is -0.196. The van der Waals surface area contributed by atoms with Gasteiger partial charge >= 0.3 is 5.51 Å². The molecule has 0 aliphatic carbocycles. The van der Waals surface area contributed by atoms with Gasteiger partial charge in [-0.25, -0.2) is 8.42 Å². The van der Waals surface area contributed by atoms with Crippen molar-refractivity contribution in [2.45, 2.75) is 49.3 Å². The van der Waals surface area contributed by atoms with Crippen molar-refractivity contribution in [1.82, 2.24) is 4.90 Å². The van der Waals surface area contributed by atoms with Crippen LogP contribution < -0.4 is 4.90 Å². The molecule has 0 radical (unpaired) electrons. The van der Waals surface area contributed by atoms with Crippen LogP contribution in [0, 0.1) is 5.92 Å². The molecule has 0 saturated carbocycles. The Hall–Kier alpha value is -1.81. The van der Waals surface area contributed by atoms with Crippen molar-refractivity contribution in [2.75, 3.05) is 31.1 Å². The van der Waals surface area contributed by atoms with E-state index in [1.54, 1.807) is 9.80 Å². The molecule has 2 heterocycles. The van der Waals surface area contributed by atoms with E-state index in [9.17, 15) is 26.4 Å². The van der Waals surface area contributed by atoms with E-state index < -0.39 is 20.2 Å². The molecule has 2 aliphatic heterocycles. The largest absolute Gasteiger partial charge is 0.501 e. The number of carbonyl (C=O) groups excluding carboxylic acids is 1. The van der Waals surface area contributed by atoms with E-state index >= 15 is 0 Å². The minimum Gasteiger partial charge on any atom is -0.372 e. The van der Waals surface area contributed by atoms with Crippen LogP contribution >= 0.6 is 0 Å². The Morgan fingerprint density at radius 3 is 2.17 bits per heavy atom. The number of hydrogen-bond donors (Lipinski definition) is 0. The molecule has 2 unspecified atom stereocenters. The number of anilines is 1. The van der Waals surface area contributed by atoms with Gasteiger partial charge in [0.05, 0.1) is 22.8 Å². The number of sulfone groups is 1. The van der Waals surface area contributed by atoms with Crippen molar-refractivity contribution in [1.29, 1.82) is 0 Å². The number of ether oxygens (including phenoxy) is 1. The number of rotatable bonds is 3. The molecule has 29 heavy (non-hydrogen) atoms. The molecule has 1 amide bonds. The first-order valence-corrected chi connectivity index (χ1v) is 11.1. The van der Waals surface area contributed by atoms with Crippen molar-refractivity contribution < 1.29 is 31.1 Å². The average molecular weight is 434 g/mol. The third-order valence-electron chi connectivity index (χ3n) is 5.38. The number of hydrogen-bond acceptors (Lipinski definition) is 5. The second-order valence-electron chi connectivity index (χ2n) is 7.68. The van der Waals surface area contributed by atoms with E-state index in [0.717, 1.165) is 6.07 Å². The second-order valence-corrected chi connectivity index (χ2v) is 9.59. The predicted molar refractivity (Wildman–Crippen MR) is 101 cm³/mol. The summed E-state index contributed by atoms with van der Waals surface area (Å²) in [6.07, 6.45) is 0.836. The van der Waals surface area contributed by atoms with Crippen molar-refractivity contribution >= 4 is 21.4 Å². The minimum atomic E-state index is -5.45. The first-order valence-electron chi connectivity index (χ1n) is 9.60. The summed E-state index contributed by atoms with van der Waals surface area (Å²) in [5.41, 5.74) is -5.33. The van der Waals surface area contributed by atoms with Gasteiger partial charge in [-0.2, -0.15) is 13.2 Å². The molecule has 0 N–H and O–H groups in total. The Bertz CT molecular complexity index is 841. The van der Waals surface area contributed by atoms with Gasteiger partial charge in [0.25, 0.3) is 9.84 Å². The normalized spacial score (nSPS) is 24.6. The second kappa shape index (κ2) is 8.14. The highest BCUT2D eigenvalue weighted by Crippen LogP contribution is 2.37. The molecule has 2 saturated heterocycles. The van der Waals surface area contributed by atoms with E-state index in [1.165, 1.54) is 18.2 Å². The smallest absolute Gasteiger partial charge is 0.372 e. The fourth-order valence-electron chi connectivity index (χ4n) is 4.05. The maximum absolute atomic E-state index is 13.0. The fraction of sp³-hybridized carbons (Fsp3) is 0.632. The van der Waals surface area contributed by atoms with Gasteiger partial charge < -0.3 is 14.5 Å². The lowest BCUT2D eigenvalue weighted by Crippen LogP contribution is -2.51. The molecule has 1 aromatic rings. The van der Waals surface area contributed by atoms with Crippen LogP contribution in [0.2, 0.25) is 0 Å². The molecule has 2 aliphatic rings. The molecule has 1 aromatic carbocycles. The molecule has 6 nitrogen and oxygen atoms in total. The van der Waals surface area contributed by atoms with Crippen molar-refractivity contribution in [2.24, 2.45) is 5.92 Å². The molecule has 0 aromatic heterocycles. The maximum atomic E-state index is 13.0. The van der Waals surface area contributed by atoms with E-state index in [2.05, 4.69) is 0 Å². The van der Waals surface area contributed by atoms with Crippen molar-refractivity contribution in [3.05, 3.63) is 24.3 Å². The first kappa shape index (κ1) is 21.9. The monoisotopic (exact) mass is 434 g/mol. The molecular formula is C19H25F3N2O4S. The molecule has 162 valence electrons. The van der Waals surface area contributed by atoms with E-state index in [1.807, 2.05) is 13.8 Å². The minimum absolute atomic E-state index is 0.0304. The quantitative estimate of drug-likeness (QED) is 0.732.